The third-order valence-corrected chi connectivity index (χ3v) is 10.9. The van der Waals surface area contributed by atoms with Crippen molar-refractivity contribution >= 4 is 0 Å². The van der Waals surface area contributed by atoms with E-state index in [1.807, 2.05) is 6.92 Å². The van der Waals surface area contributed by atoms with Crippen LogP contribution in [0.4, 0.5) is 17.6 Å². The minimum Gasteiger partial charge on any atom is -0.244 e. The van der Waals surface area contributed by atoms with E-state index in [0.717, 1.165) is 83.0 Å². The van der Waals surface area contributed by atoms with Gasteiger partial charge in [-0.15, -0.1) is 0 Å². The topological polar surface area (TPSA) is 0 Å². The van der Waals surface area contributed by atoms with Crippen molar-refractivity contribution in [3.63, 3.8) is 0 Å². The van der Waals surface area contributed by atoms with Gasteiger partial charge in [0, 0.05) is 0 Å². The largest absolute Gasteiger partial charge is 0.244 e. The van der Waals surface area contributed by atoms with Crippen LogP contribution in [0.5, 0.6) is 0 Å². The van der Waals surface area contributed by atoms with Gasteiger partial charge in [-0.1, -0.05) is 58.8 Å². The van der Waals surface area contributed by atoms with Gasteiger partial charge in [0.1, 0.15) is 24.7 Å². The molecule has 4 heteroatoms. The van der Waals surface area contributed by atoms with Gasteiger partial charge in [-0.25, -0.2) is 17.6 Å². The molecule has 0 aromatic heterocycles. The maximum absolute atomic E-state index is 15.4. The molecule has 0 N–H and O–H groups in total. The summed E-state index contributed by atoms with van der Waals surface area (Å²) in [5, 5.41) is 0. The van der Waals surface area contributed by atoms with E-state index in [9.17, 15) is 8.78 Å². The predicted molar refractivity (Wildman–Crippen MR) is 133 cm³/mol. The standard InChI is InChI=1S/C30H50F4/c1-3-4-20-6-12-22(13-7-20)25-17-18-26(30(34)29(25)33)23-14-8-21(9-15-23)10-16-24-11-5-19(2)27(31)28(24)32/h19-30H,3-18H2,1-2H3/t19?,20?,21?,22?,23?,24?,25?,26?,27?,28?,29?,30-/m0/s1. The molecule has 0 aromatic carbocycles. The fourth-order valence-corrected chi connectivity index (χ4v) is 8.51. The van der Waals surface area contributed by atoms with Gasteiger partial charge in [0.15, 0.2) is 0 Å². The Morgan fingerprint density at radius 3 is 1.50 bits per heavy atom. The van der Waals surface area contributed by atoms with Crippen molar-refractivity contribution in [3.05, 3.63) is 0 Å². The van der Waals surface area contributed by atoms with E-state index in [1.165, 1.54) is 25.7 Å². The summed E-state index contributed by atoms with van der Waals surface area (Å²) < 4.78 is 59.2. The molecule has 4 fully saturated rings. The second-order valence-corrected chi connectivity index (χ2v) is 12.9. The van der Waals surface area contributed by atoms with Crippen molar-refractivity contribution in [3.8, 4) is 0 Å². The zero-order valence-corrected chi connectivity index (χ0v) is 21.8. The monoisotopic (exact) mass is 486 g/mol. The maximum Gasteiger partial charge on any atom is 0.134 e. The molecule has 4 aliphatic carbocycles. The number of alkyl halides is 4. The SMILES string of the molecule is CCCC1CCC(C2CCC(C3CCC(CCC4CCC(C)C(F)C4F)CC3)[C@H](F)C2F)CC1. The zero-order valence-electron chi connectivity index (χ0n) is 21.8. The normalized spacial score (nSPS) is 48.5. The molecule has 0 spiro atoms. The molecule has 0 radical (unpaired) electrons. The van der Waals surface area contributed by atoms with E-state index in [4.69, 9.17) is 0 Å². The lowest BCUT2D eigenvalue weighted by Crippen LogP contribution is -2.45. The second-order valence-electron chi connectivity index (χ2n) is 12.9. The molecule has 0 heterocycles. The highest BCUT2D eigenvalue weighted by Gasteiger charge is 2.47. The van der Waals surface area contributed by atoms with Gasteiger partial charge >= 0.3 is 0 Å². The highest BCUT2D eigenvalue weighted by atomic mass is 19.2. The summed E-state index contributed by atoms with van der Waals surface area (Å²) in [5.74, 6) is 1.62. The molecule has 4 rings (SSSR count). The van der Waals surface area contributed by atoms with Crippen LogP contribution in [0.1, 0.15) is 117 Å². The molecular formula is C30H50F4. The molecule has 0 aliphatic heterocycles. The maximum atomic E-state index is 15.4. The Kier molecular flexibility index (Phi) is 9.69. The van der Waals surface area contributed by atoms with Crippen molar-refractivity contribution in [2.45, 2.75) is 141 Å². The van der Waals surface area contributed by atoms with Crippen LogP contribution < -0.4 is 0 Å². The highest BCUT2D eigenvalue weighted by Crippen LogP contribution is 2.49. The summed E-state index contributed by atoms with van der Waals surface area (Å²) in [6, 6.07) is 0. The average molecular weight is 487 g/mol. The van der Waals surface area contributed by atoms with E-state index < -0.39 is 24.7 Å². The van der Waals surface area contributed by atoms with Crippen molar-refractivity contribution in [1.82, 2.24) is 0 Å². The molecule has 7 unspecified atom stereocenters. The Balaban J connectivity index is 1.19. The molecule has 0 nitrogen and oxygen atoms in total. The van der Waals surface area contributed by atoms with E-state index in [-0.39, 0.29) is 23.7 Å². The Bertz CT molecular complexity index is 595. The minimum atomic E-state index is -1.30. The molecule has 198 valence electrons. The van der Waals surface area contributed by atoms with E-state index in [0.29, 0.717) is 17.8 Å². The van der Waals surface area contributed by atoms with Crippen molar-refractivity contribution in [2.75, 3.05) is 0 Å². The Morgan fingerprint density at radius 2 is 1.00 bits per heavy atom. The fraction of sp³-hybridized carbons (Fsp3) is 1.00. The molecule has 4 saturated carbocycles. The molecule has 34 heavy (non-hydrogen) atoms. The smallest absolute Gasteiger partial charge is 0.134 e. The quantitative estimate of drug-likeness (QED) is 0.314. The van der Waals surface area contributed by atoms with Crippen molar-refractivity contribution in [2.24, 2.45) is 47.3 Å². The first kappa shape index (κ1) is 26.8. The Hall–Kier alpha value is -0.280. The molecule has 0 aromatic rings. The van der Waals surface area contributed by atoms with Crippen LogP contribution in [0, 0.1) is 47.3 Å². The number of rotatable bonds is 7. The minimum absolute atomic E-state index is 0.0589. The summed E-state index contributed by atoms with van der Waals surface area (Å²) in [4.78, 5) is 0. The summed E-state index contributed by atoms with van der Waals surface area (Å²) in [6.07, 6.45) is 11.1. The molecule has 0 amide bonds. The van der Waals surface area contributed by atoms with Gasteiger partial charge in [0.25, 0.3) is 0 Å². The molecule has 0 bridgehead atoms. The van der Waals surface area contributed by atoms with E-state index >= 15 is 8.78 Å². The summed E-state index contributed by atoms with van der Waals surface area (Å²) in [5.41, 5.74) is 0. The zero-order chi connectivity index (χ0) is 24.2. The van der Waals surface area contributed by atoms with E-state index in [2.05, 4.69) is 6.92 Å². The lowest BCUT2D eigenvalue weighted by atomic mass is 9.63. The molecule has 4 aliphatic rings. The first-order valence-corrected chi connectivity index (χ1v) is 14.9. The summed E-state index contributed by atoms with van der Waals surface area (Å²) >= 11 is 0. The first-order chi connectivity index (χ1) is 16.4. The third-order valence-electron chi connectivity index (χ3n) is 10.9. The number of hydrogen-bond donors (Lipinski definition) is 0. The van der Waals surface area contributed by atoms with Gasteiger partial charge in [-0.2, -0.15) is 0 Å². The van der Waals surface area contributed by atoms with Crippen LogP contribution in [0.2, 0.25) is 0 Å². The average Bonchev–Trinajstić information content (AvgIpc) is 2.85. The fourth-order valence-electron chi connectivity index (χ4n) is 8.51. The Labute approximate surface area is 206 Å². The van der Waals surface area contributed by atoms with Crippen LogP contribution in [0.25, 0.3) is 0 Å². The lowest BCUT2D eigenvalue weighted by molar-refractivity contribution is -0.0374. The second kappa shape index (κ2) is 12.3. The molecule has 0 saturated heterocycles. The van der Waals surface area contributed by atoms with Gasteiger partial charge in [-0.05, 0) is 105 Å². The van der Waals surface area contributed by atoms with Gasteiger partial charge in [0.2, 0.25) is 0 Å². The van der Waals surface area contributed by atoms with Crippen LogP contribution in [-0.2, 0) is 0 Å². The lowest BCUT2D eigenvalue weighted by Gasteiger charge is -2.45. The summed E-state index contributed by atoms with van der Waals surface area (Å²) in [7, 11) is 0. The van der Waals surface area contributed by atoms with Crippen molar-refractivity contribution < 1.29 is 17.6 Å². The van der Waals surface area contributed by atoms with Crippen LogP contribution in [0.15, 0.2) is 0 Å². The molecule has 8 atom stereocenters. The van der Waals surface area contributed by atoms with Crippen LogP contribution in [0.3, 0.4) is 0 Å². The first-order valence-electron chi connectivity index (χ1n) is 14.9. The number of halogens is 4. The van der Waals surface area contributed by atoms with Gasteiger partial charge in [-0.3, -0.25) is 0 Å². The predicted octanol–water partition coefficient (Wildman–Crippen LogP) is 9.60. The summed E-state index contributed by atoms with van der Waals surface area (Å²) in [6.45, 7) is 4.06. The highest BCUT2D eigenvalue weighted by molar-refractivity contribution is 4.95. The van der Waals surface area contributed by atoms with Crippen LogP contribution in [-0.4, -0.2) is 24.7 Å². The molecular weight excluding hydrogens is 436 g/mol. The Morgan fingerprint density at radius 1 is 0.500 bits per heavy atom. The van der Waals surface area contributed by atoms with Gasteiger partial charge in [0.05, 0.1) is 0 Å². The number of hydrogen-bond acceptors (Lipinski definition) is 0. The van der Waals surface area contributed by atoms with Crippen molar-refractivity contribution in [1.29, 1.82) is 0 Å². The van der Waals surface area contributed by atoms with Gasteiger partial charge < -0.3 is 0 Å². The third kappa shape index (κ3) is 6.16. The van der Waals surface area contributed by atoms with E-state index in [1.54, 1.807) is 0 Å². The van der Waals surface area contributed by atoms with Crippen LogP contribution >= 0.6 is 0 Å².